The predicted octanol–water partition coefficient (Wildman–Crippen LogP) is 4.31. The average Bonchev–Trinajstić information content (AvgIpc) is 3.23. The van der Waals surface area contributed by atoms with Crippen LogP contribution in [0.2, 0.25) is 0 Å². The Labute approximate surface area is 185 Å². The lowest BCUT2D eigenvalue weighted by atomic mass is 10.2. The van der Waals surface area contributed by atoms with Crippen molar-refractivity contribution in [3.8, 4) is 5.75 Å². The van der Waals surface area contributed by atoms with Gasteiger partial charge in [-0.05, 0) is 36.2 Å². The molecule has 0 saturated carbocycles. The molecular formula is C24H26N4O2S. The lowest BCUT2D eigenvalue weighted by Gasteiger charge is -2.20. The Hall–Kier alpha value is -3.03. The maximum atomic E-state index is 12.4. The van der Waals surface area contributed by atoms with Crippen molar-refractivity contribution in [1.82, 2.24) is 19.5 Å². The fraction of sp³-hybridized carbons (Fsp3) is 0.292. The number of hydrogen-bond donors (Lipinski definition) is 0. The molecule has 6 nitrogen and oxygen atoms in total. The van der Waals surface area contributed by atoms with E-state index < -0.39 is 0 Å². The molecule has 0 aliphatic rings. The number of nitrogens with zero attached hydrogens (tertiary/aromatic N) is 4. The number of rotatable bonds is 9. The average molecular weight is 435 g/mol. The lowest BCUT2D eigenvalue weighted by Crippen LogP contribution is -2.25. The van der Waals surface area contributed by atoms with Crippen molar-refractivity contribution in [3.63, 3.8) is 0 Å². The quantitative estimate of drug-likeness (QED) is 0.393. The lowest BCUT2D eigenvalue weighted by molar-refractivity contribution is 0.267. The normalized spacial score (nSPS) is 11.3. The van der Waals surface area contributed by atoms with Gasteiger partial charge < -0.3 is 4.74 Å². The molecule has 0 aliphatic heterocycles. The van der Waals surface area contributed by atoms with Gasteiger partial charge in [-0.1, -0.05) is 67.6 Å². The minimum Gasteiger partial charge on any atom is -0.489 e. The van der Waals surface area contributed by atoms with Crippen LogP contribution in [-0.2, 0) is 26.1 Å². The molecule has 2 heterocycles. The van der Waals surface area contributed by atoms with Crippen LogP contribution in [-0.4, -0.2) is 26.0 Å². The Kier molecular flexibility index (Phi) is 6.74. The standard InChI is InChI=1S/C24H26N4O2S/c1-3-22-26-28-23(29)14-20(25-24(28)31-22)16-27(4-2)15-18-10-12-21(13-11-18)30-17-19-8-6-5-7-9-19/h5-14H,3-4,15-17H2,1-2H3. The number of aryl methyl sites for hydroxylation is 1. The molecule has 31 heavy (non-hydrogen) atoms. The van der Waals surface area contributed by atoms with Crippen LogP contribution in [0.4, 0.5) is 0 Å². The third kappa shape index (κ3) is 5.37. The Morgan fingerprint density at radius 2 is 1.77 bits per heavy atom. The molecule has 0 amide bonds. The van der Waals surface area contributed by atoms with Gasteiger partial charge >= 0.3 is 0 Å². The number of benzene rings is 2. The molecule has 0 atom stereocenters. The van der Waals surface area contributed by atoms with Gasteiger partial charge in [0.15, 0.2) is 0 Å². The molecule has 160 valence electrons. The van der Waals surface area contributed by atoms with Crippen molar-refractivity contribution in [3.05, 3.63) is 92.8 Å². The van der Waals surface area contributed by atoms with Crippen LogP contribution >= 0.6 is 11.3 Å². The summed E-state index contributed by atoms with van der Waals surface area (Å²) in [5.74, 6) is 0.854. The second-order valence-electron chi connectivity index (χ2n) is 7.35. The van der Waals surface area contributed by atoms with Gasteiger partial charge in [0.25, 0.3) is 5.56 Å². The molecular weight excluding hydrogens is 408 g/mol. The highest BCUT2D eigenvalue weighted by Gasteiger charge is 2.11. The summed E-state index contributed by atoms with van der Waals surface area (Å²) in [7, 11) is 0. The molecule has 2 aromatic heterocycles. The number of hydrogen-bond acceptors (Lipinski definition) is 6. The molecule has 0 spiro atoms. The maximum absolute atomic E-state index is 12.4. The smallest absolute Gasteiger partial charge is 0.275 e. The topological polar surface area (TPSA) is 59.7 Å². The molecule has 2 aromatic carbocycles. The molecule has 0 bridgehead atoms. The second-order valence-corrected chi connectivity index (χ2v) is 8.39. The van der Waals surface area contributed by atoms with Crippen molar-refractivity contribution >= 4 is 16.3 Å². The van der Waals surface area contributed by atoms with Gasteiger partial charge in [-0.2, -0.15) is 9.61 Å². The zero-order valence-electron chi connectivity index (χ0n) is 17.8. The monoisotopic (exact) mass is 434 g/mol. The zero-order valence-corrected chi connectivity index (χ0v) is 18.6. The molecule has 4 rings (SSSR count). The van der Waals surface area contributed by atoms with Gasteiger partial charge in [-0.25, -0.2) is 4.98 Å². The zero-order chi connectivity index (χ0) is 21.6. The van der Waals surface area contributed by atoms with Gasteiger partial charge in [-0.3, -0.25) is 9.69 Å². The van der Waals surface area contributed by atoms with Crippen LogP contribution in [0.5, 0.6) is 5.75 Å². The van der Waals surface area contributed by atoms with Crippen LogP contribution in [0.25, 0.3) is 4.96 Å². The molecule has 0 saturated heterocycles. The predicted molar refractivity (Wildman–Crippen MR) is 124 cm³/mol. The molecule has 4 aromatic rings. The van der Waals surface area contributed by atoms with E-state index in [4.69, 9.17) is 4.74 Å². The van der Waals surface area contributed by atoms with Gasteiger partial charge in [0.1, 0.15) is 17.4 Å². The van der Waals surface area contributed by atoms with Crippen LogP contribution in [0.1, 0.15) is 35.7 Å². The number of aromatic nitrogens is 3. The molecule has 0 unspecified atom stereocenters. The van der Waals surface area contributed by atoms with Crippen molar-refractivity contribution in [2.24, 2.45) is 0 Å². The summed E-state index contributed by atoms with van der Waals surface area (Å²) >= 11 is 1.48. The largest absolute Gasteiger partial charge is 0.489 e. The van der Waals surface area contributed by atoms with E-state index in [2.05, 4.69) is 46.2 Å². The second kappa shape index (κ2) is 9.85. The van der Waals surface area contributed by atoms with Gasteiger partial charge in [0.2, 0.25) is 4.96 Å². The molecule has 0 radical (unpaired) electrons. The summed E-state index contributed by atoms with van der Waals surface area (Å²) in [4.78, 5) is 20.0. The van der Waals surface area contributed by atoms with E-state index in [1.54, 1.807) is 6.07 Å². The summed E-state index contributed by atoms with van der Waals surface area (Å²) in [5, 5.41) is 5.24. The SMILES string of the molecule is CCc1nn2c(=O)cc(CN(CC)Cc3ccc(OCc4ccccc4)cc3)nc2s1. The number of fused-ring (bicyclic) bond motifs is 1. The minimum atomic E-state index is -0.119. The summed E-state index contributed by atoms with van der Waals surface area (Å²) in [6.07, 6.45) is 0.801. The first-order valence-corrected chi connectivity index (χ1v) is 11.3. The third-order valence-electron chi connectivity index (χ3n) is 5.05. The third-order valence-corrected chi connectivity index (χ3v) is 6.11. The van der Waals surface area contributed by atoms with Crippen LogP contribution < -0.4 is 10.3 Å². The number of ether oxygens (including phenoxy) is 1. The van der Waals surface area contributed by atoms with Gasteiger partial charge in [0.05, 0.1) is 5.69 Å². The van der Waals surface area contributed by atoms with Crippen molar-refractivity contribution in [2.45, 2.75) is 40.0 Å². The Morgan fingerprint density at radius 1 is 1.00 bits per heavy atom. The Balaban J connectivity index is 1.39. The van der Waals surface area contributed by atoms with Gasteiger partial charge in [-0.15, -0.1) is 0 Å². The fourth-order valence-electron chi connectivity index (χ4n) is 3.32. The van der Waals surface area contributed by atoms with Crippen molar-refractivity contribution in [1.29, 1.82) is 0 Å². The summed E-state index contributed by atoms with van der Waals surface area (Å²) in [5.41, 5.74) is 3.00. The van der Waals surface area contributed by atoms with E-state index in [0.717, 1.165) is 41.5 Å². The first-order valence-electron chi connectivity index (χ1n) is 10.5. The van der Waals surface area contributed by atoms with E-state index in [1.165, 1.54) is 21.4 Å². The van der Waals surface area contributed by atoms with E-state index >= 15 is 0 Å². The summed E-state index contributed by atoms with van der Waals surface area (Å²) in [6.45, 7) is 6.96. The van der Waals surface area contributed by atoms with Crippen molar-refractivity contribution < 1.29 is 4.74 Å². The van der Waals surface area contributed by atoms with Crippen LogP contribution in [0, 0.1) is 0 Å². The van der Waals surface area contributed by atoms with E-state index in [1.807, 2.05) is 37.3 Å². The first-order chi connectivity index (χ1) is 15.1. The minimum absolute atomic E-state index is 0.119. The summed E-state index contributed by atoms with van der Waals surface area (Å²) in [6, 6.07) is 19.9. The Bertz CT molecular complexity index is 1190. The maximum Gasteiger partial charge on any atom is 0.275 e. The van der Waals surface area contributed by atoms with Crippen LogP contribution in [0.3, 0.4) is 0 Å². The van der Waals surface area contributed by atoms with E-state index in [0.29, 0.717) is 18.1 Å². The highest BCUT2D eigenvalue weighted by Crippen LogP contribution is 2.17. The van der Waals surface area contributed by atoms with Gasteiger partial charge in [0, 0.05) is 19.2 Å². The molecule has 0 fully saturated rings. The summed E-state index contributed by atoms with van der Waals surface area (Å²) < 4.78 is 7.27. The van der Waals surface area contributed by atoms with E-state index in [-0.39, 0.29) is 5.56 Å². The van der Waals surface area contributed by atoms with Crippen LogP contribution in [0.15, 0.2) is 65.5 Å². The molecule has 0 aliphatic carbocycles. The highest BCUT2D eigenvalue weighted by molar-refractivity contribution is 7.16. The van der Waals surface area contributed by atoms with Crippen molar-refractivity contribution in [2.75, 3.05) is 6.54 Å². The highest BCUT2D eigenvalue weighted by atomic mass is 32.1. The fourth-order valence-corrected chi connectivity index (χ4v) is 4.18. The first kappa shape index (κ1) is 21.2. The Morgan fingerprint density at radius 3 is 2.48 bits per heavy atom. The van der Waals surface area contributed by atoms with E-state index in [9.17, 15) is 4.79 Å². The molecule has 7 heteroatoms. The molecule has 0 N–H and O–H groups in total.